The molecule has 2 heterocycles. The van der Waals surface area contributed by atoms with Crippen molar-refractivity contribution in [3.63, 3.8) is 0 Å². The predicted octanol–water partition coefficient (Wildman–Crippen LogP) is 1.66. The highest BCUT2D eigenvalue weighted by Crippen LogP contribution is 2.38. The van der Waals surface area contributed by atoms with Gasteiger partial charge in [0.2, 0.25) is 11.8 Å². The number of nitrogens with zero attached hydrogens (tertiary/aromatic N) is 2. The van der Waals surface area contributed by atoms with Gasteiger partial charge in [0.05, 0.1) is 12.1 Å². The summed E-state index contributed by atoms with van der Waals surface area (Å²) in [7, 11) is 1.70. The molecule has 0 radical (unpaired) electrons. The molecule has 0 aromatic carbocycles. The van der Waals surface area contributed by atoms with Gasteiger partial charge in [-0.25, -0.2) is 0 Å². The number of nitrogens with one attached hydrogen (secondary N) is 1. The van der Waals surface area contributed by atoms with E-state index in [1.54, 1.807) is 7.05 Å². The Bertz CT molecular complexity index is 434. The largest absolute Gasteiger partial charge is 0.358 e. The lowest BCUT2D eigenvalue weighted by molar-refractivity contribution is -0.140. The van der Waals surface area contributed by atoms with E-state index < -0.39 is 0 Å². The zero-order valence-corrected chi connectivity index (χ0v) is 15.1. The summed E-state index contributed by atoms with van der Waals surface area (Å²) in [6.07, 6.45) is 6.40. The number of rotatable bonds is 4. The lowest BCUT2D eigenvalue weighted by atomic mass is 9.98. The summed E-state index contributed by atoms with van der Waals surface area (Å²) in [5, 5.41) is 2.80. The molecule has 3 rings (SSSR count). The number of amides is 2. The molecule has 2 saturated heterocycles. The molecule has 23 heavy (non-hydrogen) atoms. The fourth-order valence-corrected chi connectivity index (χ4v) is 4.02. The van der Waals surface area contributed by atoms with Gasteiger partial charge in [0.1, 0.15) is 0 Å². The Hall–Kier alpha value is -0.810. The monoisotopic (exact) mass is 343 g/mol. The van der Waals surface area contributed by atoms with Crippen LogP contribution in [-0.2, 0) is 9.59 Å². The maximum atomic E-state index is 12.9. The van der Waals surface area contributed by atoms with E-state index in [1.807, 2.05) is 4.90 Å². The topological polar surface area (TPSA) is 52.7 Å². The van der Waals surface area contributed by atoms with Crippen LogP contribution in [0.4, 0.5) is 0 Å². The summed E-state index contributed by atoms with van der Waals surface area (Å²) in [4.78, 5) is 29.5. The van der Waals surface area contributed by atoms with Crippen molar-refractivity contribution >= 4 is 24.2 Å². The fraction of sp³-hybridized carbons (Fsp3) is 0.882. The van der Waals surface area contributed by atoms with Crippen LogP contribution in [0.25, 0.3) is 0 Å². The summed E-state index contributed by atoms with van der Waals surface area (Å²) in [6.45, 7) is 4.92. The molecule has 6 heteroatoms. The van der Waals surface area contributed by atoms with Crippen molar-refractivity contribution in [3.8, 4) is 0 Å². The molecule has 2 atom stereocenters. The van der Waals surface area contributed by atoms with Gasteiger partial charge in [-0.05, 0) is 56.9 Å². The van der Waals surface area contributed by atoms with E-state index in [1.165, 1.54) is 0 Å². The minimum absolute atomic E-state index is 0. The van der Waals surface area contributed by atoms with Crippen molar-refractivity contribution in [2.75, 3.05) is 26.7 Å². The van der Waals surface area contributed by atoms with Gasteiger partial charge < -0.3 is 10.2 Å². The van der Waals surface area contributed by atoms with Crippen LogP contribution >= 0.6 is 12.4 Å². The zero-order valence-electron chi connectivity index (χ0n) is 14.3. The third-order valence-electron chi connectivity index (χ3n) is 5.62. The highest BCUT2D eigenvalue weighted by molar-refractivity contribution is 5.86. The number of piperidine rings is 1. The van der Waals surface area contributed by atoms with Crippen molar-refractivity contribution in [2.45, 2.75) is 57.5 Å². The lowest BCUT2D eigenvalue weighted by Crippen LogP contribution is -2.55. The molecule has 132 valence electrons. The van der Waals surface area contributed by atoms with Crippen molar-refractivity contribution in [3.05, 3.63) is 0 Å². The first kappa shape index (κ1) is 18.5. The second-order valence-electron chi connectivity index (χ2n) is 7.30. The number of carbonyl (C=O) groups excluding carboxylic acids is 2. The van der Waals surface area contributed by atoms with E-state index >= 15 is 0 Å². The first-order chi connectivity index (χ1) is 10.6. The van der Waals surface area contributed by atoms with Crippen LogP contribution in [0.15, 0.2) is 0 Å². The van der Waals surface area contributed by atoms with Gasteiger partial charge in [0, 0.05) is 20.1 Å². The van der Waals surface area contributed by atoms with Crippen LogP contribution in [0.3, 0.4) is 0 Å². The fourth-order valence-electron chi connectivity index (χ4n) is 4.02. The minimum atomic E-state index is -0.0924. The van der Waals surface area contributed by atoms with Crippen LogP contribution in [0.2, 0.25) is 0 Å². The Labute approximate surface area is 145 Å². The number of hydrogen-bond donors (Lipinski definition) is 1. The number of hydrogen-bond acceptors (Lipinski definition) is 3. The molecule has 2 aliphatic heterocycles. The number of halogens is 1. The first-order valence-corrected chi connectivity index (χ1v) is 8.88. The molecule has 2 amide bonds. The Morgan fingerprint density at radius 1 is 1.04 bits per heavy atom. The van der Waals surface area contributed by atoms with Crippen molar-refractivity contribution in [2.24, 2.45) is 11.8 Å². The molecule has 0 unspecified atom stereocenters. The van der Waals surface area contributed by atoms with E-state index in [0.717, 1.165) is 64.1 Å². The Morgan fingerprint density at radius 3 is 2.26 bits per heavy atom. The van der Waals surface area contributed by atoms with Crippen molar-refractivity contribution in [1.82, 2.24) is 15.1 Å². The van der Waals surface area contributed by atoms with Crippen molar-refractivity contribution in [1.29, 1.82) is 0 Å². The molecule has 1 N–H and O–H groups in total. The molecule has 0 aromatic rings. The van der Waals surface area contributed by atoms with Gasteiger partial charge in [-0.2, -0.15) is 0 Å². The van der Waals surface area contributed by atoms with Gasteiger partial charge >= 0.3 is 0 Å². The SMILES string of the molecule is CNC(=O)[C@@H](C1CC1)N1CCC[C@H]1C(=O)N1CCC(C)CC1.Cl. The normalized spacial score (nSPS) is 27.4. The third-order valence-corrected chi connectivity index (χ3v) is 5.62. The maximum Gasteiger partial charge on any atom is 0.239 e. The van der Waals surface area contributed by atoms with Gasteiger partial charge in [0.25, 0.3) is 0 Å². The Balaban J connectivity index is 0.00000192. The van der Waals surface area contributed by atoms with E-state index in [4.69, 9.17) is 0 Å². The lowest BCUT2D eigenvalue weighted by Gasteiger charge is -2.37. The number of carbonyl (C=O) groups is 2. The summed E-state index contributed by atoms with van der Waals surface area (Å²) in [5.74, 6) is 1.54. The quantitative estimate of drug-likeness (QED) is 0.844. The third kappa shape index (κ3) is 4.00. The van der Waals surface area contributed by atoms with Crippen LogP contribution in [0.1, 0.15) is 45.4 Å². The molecule has 1 saturated carbocycles. The Morgan fingerprint density at radius 2 is 1.70 bits per heavy atom. The molecular formula is C17H30ClN3O2. The summed E-state index contributed by atoms with van der Waals surface area (Å²) in [5.41, 5.74) is 0. The van der Waals surface area contributed by atoms with E-state index in [0.29, 0.717) is 5.92 Å². The van der Waals surface area contributed by atoms with Crippen LogP contribution < -0.4 is 5.32 Å². The van der Waals surface area contributed by atoms with E-state index in [-0.39, 0.29) is 36.3 Å². The second-order valence-corrected chi connectivity index (χ2v) is 7.30. The molecule has 0 aromatic heterocycles. The molecule has 3 fully saturated rings. The second kappa shape index (κ2) is 7.84. The van der Waals surface area contributed by atoms with E-state index in [2.05, 4.69) is 17.1 Å². The average Bonchev–Trinajstić information content (AvgIpc) is 3.24. The number of likely N-dealkylation sites (N-methyl/N-ethyl adjacent to an activating group) is 1. The molecule has 0 bridgehead atoms. The smallest absolute Gasteiger partial charge is 0.239 e. The summed E-state index contributed by atoms with van der Waals surface area (Å²) >= 11 is 0. The van der Waals surface area contributed by atoms with Crippen LogP contribution in [0, 0.1) is 11.8 Å². The predicted molar refractivity (Wildman–Crippen MR) is 92.5 cm³/mol. The maximum absolute atomic E-state index is 12.9. The summed E-state index contributed by atoms with van der Waals surface area (Å²) in [6, 6.07) is -0.165. The van der Waals surface area contributed by atoms with Gasteiger partial charge in [-0.15, -0.1) is 12.4 Å². The van der Waals surface area contributed by atoms with Gasteiger partial charge in [-0.1, -0.05) is 6.92 Å². The van der Waals surface area contributed by atoms with E-state index in [9.17, 15) is 9.59 Å². The highest BCUT2D eigenvalue weighted by Gasteiger charge is 2.46. The highest BCUT2D eigenvalue weighted by atomic mass is 35.5. The first-order valence-electron chi connectivity index (χ1n) is 8.88. The molecule has 5 nitrogen and oxygen atoms in total. The summed E-state index contributed by atoms with van der Waals surface area (Å²) < 4.78 is 0. The molecule has 0 spiro atoms. The van der Waals surface area contributed by atoms with Crippen LogP contribution in [-0.4, -0.2) is 60.4 Å². The minimum Gasteiger partial charge on any atom is -0.358 e. The standard InChI is InChI=1S/C17H29N3O2.ClH/c1-12-7-10-19(11-8-12)17(22)14-4-3-9-20(14)15(13-5-6-13)16(21)18-2;/h12-15H,3-11H2,1-2H3,(H,18,21);1H/t14-,15+;/m0./s1. The average molecular weight is 344 g/mol. The Kier molecular flexibility index (Phi) is 6.32. The van der Waals surface area contributed by atoms with Crippen molar-refractivity contribution < 1.29 is 9.59 Å². The van der Waals surface area contributed by atoms with Crippen LogP contribution in [0.5, 0.6) is 0 Å². The van der Waals surface area contributed by atoms with Gasteiger partial charge in [0.15, 0.2) is 0 Å². The molecule has 1 aliphatic carbocycles. The number of likely N-dealkylation sites (tertiary alicyclic amines) is 2. The molecule has 3 aliphatic rings. The van der Waals surface area contributed by atoms with Gasteiger partial charge in [-0.3, -0.25) is 14.5 Å². The zero-order chi connectivity index (χ0) is 15.7. The molecular weight excluding hydrogens is 314 g/mol.